The zero-order chi connectivity index (χ0) is 22.5. The summed E-state index contributed by atoms with van der Waals surface area (Å²) in [5.41, 5.74) is 0.675. The SMILES string of the molecule is CCC(CC)COC(=O)[C@@H]1C[C@H]2C[C@@H](Oc3cccc(Cl)c3-c3nnn[nH]3)CC[C@H]2CN1. The number of hydrogen-bond acceptors (Lipinski definition) is 7. The number of halogens is 1. The predicted molar refractivity (Wildman–Crippen MR) is 121 cm³/mol. The van der Waals surface area contributed by atoms with Gasteiger partial charge in [-0.25, -0.2) is 5.10 Å². The summed E-state index contributed by atoms with van der Waals surface area (Å²) in [7, 11) is 0. The summed E-state index contributed by atoms with van der Waals surface area (Å²) >= 11 is 6.42. The maximum atomic E-state index is 12.6. The van der Waals surface area contributed by atoms with Crippen molar-refractivity contribution >= 4 is 17.6 Å². The van der Waals surface area contributed by atoms with E-state index >= 15 is 0 Å². The first kappa shape index (κ1) is 23.0. The van der Waals surface area contributed by atoms with E-state index < -0.39 is 0 Å². The molecule has 9 heteroatoms. The topological polar surface area (TPSA) is 102 Å². The first-order valence-corrected chi connectivity index (χ1v) is 12.1. The summed E-state index contributed by atoms with van der Waals surface area (Å²) < 4.78 is 12.0. The van der Waals surface area contributed by atoms with Gasteiger partial charge in [0.15, 0.2) is 5.82 Å². The largest absolute Gasteiger partial charge is 0.490 e. The average Bonchev–Trinajstić information content (AvgIpc) is 3.33. The number of carbonyl (C=O) groups is 1. The van der Waals surface area contributed by atoms with Gasteiger partial charge in [-0.2, -0.15) is 0 Å². The summed E-state index contributed by atoms with van der Waals surface area (Å²) in [4.78, 5) is 12.6. The summed E-state index contributed by atoms with van der Waals surface area (Å²) in [5, 5.41) is 18.0. The Labute approximate surface area is 193 Å². The maximum Gasteiger partial charge on any atom is 0.323 e. The highest BCUT2D eigenvalue weighted by molar-refractivity contribution is 6.33. The van der Waals surface area contributed by atoms with Crippen molar-refractivity contribution in [2.45, 2.75) is 64.5 Å². The molecule has 2 aliphatic rings. The molecule has 1 aliphatic carbocycles. The molecule has 1 aromatic heterocycles. The second-order valence-electron chi connectivity index (χ2n) is 8.94. The molecule has 4 rings (SSSR count). The predicted octanol–water partition coefficient (Wildman–Crippen LogP) is 4.03. The minimum atomic E-state index is -0.230. The van der Waals surface area contributed by atoms with Crippen LogP contribution in [-0.4, -0.2) is 51.9 Å². The number of benzene rings is 1. The van der Waals surface area contributed by atoms with Crippen LogP contribution in [0.15, 0.2) is 18.2 Å². The van der Waals surface area contributed by atoms with E-state index in [1.807, 2.05) is 12.1 Å². The molecule has 2 N–H and O–H groups in total. The molecule has 0 bridgehead atoms. The van der Waals surface area contributed by atoms with Gasteiger partial charge in [-0.3, -0.25) is 4.79 Å². The van der Waals surface area contributed by atoms with E-state index in [9.17, 15) is 4.79 Å². The van der Waals surface area contributed by atoms with Gasteiger partial charge < -0.3 is 14.8 Å². The quantitative estimate of drug-likeness (QED) is 0.572. The van der Waals surface area contributed by atoms with Crippen LogP contribution in [0.5, 0.6) is 5.75 Å². The lowest BCUT2D eigenvalue weighted by molar-refractivity contribution is -0.149. The summed E-state index contributed by atoms with van der Waals surface area (Å²) in [6.45, 7) is 5.64. The second kappa shape index (κ2) is 10.6. The van der Waals surface area contributed by atoms with Gasteiger partial charge in [0.05, 0.1) is 23.3 Å². The van der Waals surface area contributed by atoms with Crippen LogP contribution in [0.2, 0.25) is 5.02 Å². The molecule has 8 nitrogen and oxygen atoms in total. The Kier molecular flexibility index (Phi) is 7.63. The number of ether oxygens (including phenoxy) is 2. The number of hydrogen-bond donors (Lipinski definition) is 2. The Bertz CT molecular complexity index is 890. The van der Waals surface area contributed by atoms with Crippen molar-refractivity contribution in [1.82, 2.24) is 25.9 Å². The first-order valence-electron chi connectivity index (χ1n) is 11.7. The fourth-order valence-electron chi connectivity index (χ4n) is 4.91. The van der Waals surface area contributed by atoms with Gasteiger partial charge >= 0.3 is 5.97 Å². The summed E-state index contributed by atoms with van der Waals surface area (Å²) in [6, 6.07) is 5.34. The number of aromatic amines is 1. The van der Waals surface area contributed by atoms with Crippen LogP contribution in [0.4, 0.5) is 0 Å². The molecule has 4 atom stereocenters. The standard InChI is InChI=1S/C23H32ClN5O3/c1-3-14(4-2)13-31-23(30)19-11-16-10-17(9-8-15(16)12-25-19)32-20-7-5-6-18(24)21(20)22-26-28-29-27-22/h5-7,14-17,19,25H,3-4,8-13H2,1-2H3,(H,26,27,28,29)/t15-,16+,17-,19-/m0/s1. The van der Waals surface area contributed by atoms with E-state index in [-0.39, 0.29) is 18.1 Å². The molecule has 2 heterocycles. The zero-order valence-electron chi connectivity index (χ0n) is 18.7. The van der Waals surface area contributed by atoms with Crippen LogP contribution < -0.4 is 10.1 Å². The number of H-pyrrole nitrogens is 1. The Morgan fingerprint density at radius 3 is 2.81 bits per heavy atom. The Morgan fingerprint density at radius 2 is 2.06 bits per heavy atom. The molecule has 0 radical (unpaired) electrons. The van der Waals surface area contributed by atoms with Crippen molar-refractivity contribution in [1.29, 1.82) is 0 Å². The van der Waals surface area contributed by atoms with Crippen molar-refractivity contribution in [3.63, 3.8) is 0 Å². The van der Waals surface area contributed by atoms with Gasteiger partial charge in [-0.1, -0.05) is 44.4 Å². The lowest BCUT2D eigenvalue weighted by Gasteiger charge is -2.42. The number of nitrogens with one attached hydrogen (secondary N) is 2. The monoisotopic (exact) mass is 461 g/mol. The van der Waals surface area contributed by atoms with Gasteiger partial charge in [0.25, 0.3) is 0 Å². The molecule has 0 amide bonds. The van der Waals surface area contributed by atoms with Gasteiger partial charge in [0, 0.05) is 0 Å². The molecule has 1 saturated heterocycles. The maximum absolute atomic E-state index is 12.6. The third-order valence-electron chi connectivity index (χ3n) is 7.01. The lowest BCUT2D eigenvalue weighted by Crippen LogP contribution is -2.51. The van der Waals surface area contributed by atoms with Crippen LogP contribution in [0.25, 0.3) is 11.4 Å². The summed E-state index contributed by atoms with van der Waals surface area (Å²) in [6.07, 6.45) is 5.85. The van der Waals surface area contributed by atoms with E-state index in [1.165, 1.54) is 0 Å². The molecule has 32 heavy (non-hydrogen) atoms. The third kappa shape index (κ3) is 5.23. The number of aromatic nitrogens is 4. The third-order valence-corrected chi connectivity index (χ3v) is 7.32. The molecule has 174 valence electrons. The molecule has 2 fully saturated rings. The van der Waals surface area contributed by atoms with E-state index in [2.05, 4.69) is 39.8 Å². The number of piperidine rings is 1. The molecule has 0 unspecified atom stereocenters. The van der Waals surface area contributed by atoms with Crippen molar-refractivity contribution in [3.05, 3.63) is 23.2 Å². The zero-order valence-corrected chi connectivity index (χ0v) is 19.5. The number of nitrogens with zero attached hydrogens (tertiary/aromatic N) is 3. The molecule has 1 saturated carbocycles. The fourth-order valence-corrected chi connectivity index (χ4v) is 5.16. The number of tetrazole rings is 1. The van der Waals surface area contributed by atoms with Crippen LogP contribution in [0, 0.1) is 17.8 Å². The summed E-state index contributed by atoms with van der Waals surface area (Å²) in [5.74, 6) is 2.48. The minimum Gasteiger partial charge on any atom is -0.490 e. The molecule has 2 aromatic rings. The van der Waals surface area contributed by atoms with Crippen molar-refractivity contribution < 1.29 is 14.3 Å². The van der Waals surface area contributed by atoms with Crippen molar-refractivity contribution in [3.8, 4) is 17.1 Å². The van der Waals surface area contributed by atoms with Crippen LogP contribution >= 0.6 is 11.6 Å². The molecular weight excluding hydrogens is 430 g/mol. The Hall–Kier alpha value is -2.19. The number of fused-ring (bicyclic) bond motifs is 1. The molecular formula is C23H32ClN5O3. The average molecular weight is 462 g/mol. The van der Waals surface area contributed by atoms with E-state index in [1.54, 1.807) is 6.07 Å². The van der Waals surface area contributed by atoms with E-state index in [0.29, 0.717) is 46.5 Å². The highest BCUT2D eigenvalue weighted by atomic mass is 35.5. The highest BCUT2D eigenvalue weighted by Crippen LogP contribution is 2.40. The van der Waals surface area contributed by atoms with E-state index in [4.69, 9.17) is 21.1 Å². The molecule has 1 aromatic carbocycles. The highest BCUT2D eigenvalue weighted by Gasteiger charge is 2.39. The second-order valence-corrected chi connectivity index (χ2v) is 9.35. The number of carbonyl (C=O) groups excluding carboxylic acids is 1. The van der Waals surface area contributed by atoms with Gasteiger partial charge in [0.2, 0.25) is 0 Å². The van der Waals surface area contributed by atoms with Crippen LogP contribution in [-0.2, 0) is 9.53 Å². The first-order chi connectivity index (χ1) is 15.6. The van der Waals surface area contributed by atoms with Gasteiger partial charge in [-0.05, 0) is 72.5 Å². The normalized spacial score (nSPS) is 25.4. The van der Waals surface area contributed by atoms with Gasteiger partial charge in [0.1, 0.15) is 11.8 Å². The van der Waals surface area contributed by atoms with Crippen LogP contribution in [0.3, 0.4) is 0 Å². The number of esters is 1. The molecule has 0 spiro atoms. The van der Waals surface area contributed by atoms with Crippen LogP contribution in [0.1, 0.15) is 52.4 Å². The Balaban J connectivity index is 1.38. The smallest absolute Gasteiger partial charge is 0.323 e. The minimum absolute atomic E-state index is 0.0590. The van der Waals surface area contributed by atoms with E-state index in [0.717, 1.165) is 45.1 Å². The number of rotatable bonds is 8. The molecule has 1 aliphatic heterocycles. The Morgan fingerprint density at radius 1 is 1.22 bits per heavy atom. The van der Waals surface area contributed by atoms with Crippen molar-refractivity contribution in [2.24, 2.45) is 17.8 Å². The van der Waals surface area contributed by atoms with Gasteiger partial charge in [-0.15, -0.1) is 5.10 Å². The fraction of sp³-hybridized carbons (Fsp3) is 0.652. The van der Waals surface area contributed by atoms with Crippen molar-refractivity contribution in [2.75, 3.05) is 13.2 Å². The lowest BCUT2D eigenvalue weighted by atomic mass is 9.72.